The third-order valence-electron chi connectivity index (χ3n) is 3.86. The first-order valence-corrected chi connectivity index (χ1v) is 7.88. The second kappa shape index (κ2) is 6.60. The maximum atomic E-state index is 13.1. The van der Waals surface area contributed by atoms with E-state index in [1.807, 2.05) is 18.5 Å². The van der Waals surface area contributed by atoms with E-state index in [9.17, 15) is 9.18 Å². The highest BCUT2D eigenvalue weighted by Gasteiger charge is 2.30. The first kappa shape index (κ1) is 16.4. The van der Waals surface area contributed by atoms with Gasteiger partial charge < -0.3 is 10.2 Å². The topological polar surface area (TPSA) is 68.5 Å². The molecule has 0 bridgehead atoms. The largest absolute Gasteiger partial charge is 0.382 e. The van der Waals surface area contributed by atoms with Crippen LogP contribution in [0.2, 0.25) is 5.02 Å². The molecule has 1 N–H and O–H groups in total. The number of hydrogen-bond acceptors (Lipinski definition) is 4. The Kier molecular flexibility index (Phi) is 4.53. The van der Waals surface area contributed by atoms with E-state index in [4.69, 9.17) is 16.4 Å². The number of amides is 1. The number of nitrogens with one attached hydrogen (secondary N) is 1. The van der Waals surface area contributed by atoms with E-state index in [-0.39, 0.29) is 10.9 Å². The molecule has 6 nitrogen and oxygen atoms in total. The minimum absolute atomic E-state index is 0.0558. The second-order valence-corrected chi connectivity index (χ2v) is 5.82. The van der Waals surface area contributed by atoms with Gasteiger partial charge in [0.05, 0.1) is 16.9 Å². The monoisotopic (exact) mass is 350 g/mol. The summed E-state index contributed by atoms with van der Waals surface area (Å²) in [4.78, 5) is 17.5. The van der Waals surface area contributed by atoms with Crippen LogP contribution in [0.3, 0.4) is 0 Å². The number of carbonyl (C=O) groups excluding carboxylic acids is 1. The molecule has 0 fully saturated rings. The molecule has 0 saturated heterocycles. The highest BCUT2D eigenvalue weighted by molar-refractivity contribution is 6.31. The lowest BCUT2D eigenvalue weighted by atomic mass is 10.1. The Morgan fingerprint density at radius 3 is 3.00 bits per heavy atom. The molecule has 0 saturated carbocycles. The Hall–Kier alpha value is -2.41. The molecular weight excluding hydrogens is 335 g/mol. The van der Waals surface area contributed by atoms with Crippen LogP contribution in [0, 0.1) is 12.7 Å². The van der Waals surface area contributed by atoms with Crippen molar-refractivity contribution >= 4 is 28.9 Å². The quantitative estimate of drug-likeness (QED) is 0.921. The fourth-order valence-corrected chi connectivity index (χ4v) is 2.70. The van der Waals surface area contributed by atoms with Crippen molar-refractivity contribution in [1.29, 1.82) is 0 Å². The summed E-state index contributed by atoms with van der Waals surface area (Å²) < 4.78 is 15.0. The molecule has 1 aliphatic rings. The van der Waals surface area contributed by atoms with Crippen molar-refractivity contribution in [3.63, 3.8) is 0 Å². The van der Waals surface area contributed by atoms with Gasteiger partial charge in [-0.15, -0.1) is 0 Å². The first-order valence-electron chi connectivity index (χ1n) is 7.51. The summed E-state index contributed by atoms with van der Waals surface area (Å²) in [5.41, 5.74) is 2.94. The van der Waals surface area contributed by atoms with Crippen LogP contribution < -0.4 is 5.32 Å². The number of benzene rings is 1. The Morgan fingerprint density at radius 1 is 1.54 bits per heavy atom. The number of oxime groups is 1. The fourth-order valence-electron chi connectivity index (χ4n) is 2.52. The summed E-state index contributed by atoms with van der Waals surface area (Å²) >= 11 is 5.70. The molecule has 0 radical (unpaired) electrons. The number of halogens is 2. The highest BCUT2D eigenvalue weighted by atomic mass is 35.5. The van der Waals surface area contributed by atoms with Crippen molar-refractivity contribution in [3.05, 3.63) is 46.5 Å². The van der Waals surface area contributed by atoms with Gasteiger partial charge in [0.2, 0.25) is 6.10 Å². The van der Waals surface area contributed by atoms with Gasteiger partial charge in [-0.3, -0.25) is 9.48 Å². The zero-order valence-electron chi connectivity index (χ0n) is 13.2. The average molecular weight is 351 g/mol. The van der Waals surface area contributed by atoms with E-state index in [1.54, 1.807) is 6.20 Å². The number of rotatable bonds is 4. The Morgan fingerprint density at radius 2 is 2.33 bits per heavy atom. The molecule has 0 unspecified atom stereocenters. The van der Waals surface area contributed by atoms with E-state index >= 15 is 0 Å². The molecule has 8 heteroatoms. The maximum absolute atomic E-state index is 13.1. The standard InChI is InChI=1S/C16H16ClFN4O2/c1-3-22-9(2)11(8-19-22)14-7-15(24-21-14)16(23)20-10-4-5-13(18)12(17)6-10/h4-6,8,15H,3,7H2,1-2H3,(H,20,23)/t15-/m0/s1. The zero-order valence-corrected chi connectivity index (χ0v) is 14.0. The molecule has 0 spiro atoms. The van der Waals surface area contributed by atoms with Crippen LogP contribution >= 0.6 is 11.6 Å². The lowest BCUT2D eigenvalue weighted by molar-refractivity contribution is -0.125. The molecule has 126 valence electrons. The molecule has 24 heavy (non-hydrogen) atoms. The van der Waals surface area contributed by atoms with Crippen LogP contribution in [0.4, 0.5) is 10.1 Å². The molecule has 1 aromatic heterocycles. The van der Waals surface area contributed by atoms with Gasteiger partial charge >= 0.3 is 0 Å². The summed E-state index contributed by atoms with van der Waals surface area (Å²) in [6, 6.07) is 3.98. The third kappa shape index (κ3) is 3.12. The van der Waals surface area contributed by atoms with Crippen molar-refractivity contribution in [2.45, 2.75) is 32.9 Å². The lowest BCUT2D eigenvalue weighted by Gasteiger charge is -2.10. The number of anilines is 1. The van der Waals surface area contributed by atoms with Crippen LogP contribution in [0.25, 0.3) is 0 Å². The van der Waals surface area contributed by atoms with Gasteiger partial charge in [-0.25, -0.2) is 4.39 Å². The number of nitrogens with zero attached hydrogens (tertiary/aromatic N) is 3. The fraction of sp³-hybridized carbons (Fsp3) is 0.312. The first-order chi connectivity index (χ1) is 11.5. The molecule has 2 heterocycles. The minimum atomic E-state index is -0.742. The minimum Gasteiger partial charge on any atom is -0.382 e. The number of hydrogen-bond donors (Lipinski definition) is 1. The van der Waals surface area contributed by atoms with Crippen molar-refractivity contribution in [1.82, 2.24) is 9.78 Å². The summed E-state index contributed by atoms with van der Waals surface area (Å²) in [6.45, 7) is 4.71. The highest BCUT2D eigenvalue weighted by Crippen LogP contribution is 2.22. The molecule has 1 aliphatic heterocycles. The van der Waals surface area contributed by atoms with Gasteiger partial charge in [0.15, 0.2) is 0 Å². The van der Waals surface area contributed by atoms with Crippen molar-refractivity contribution in [2.24, 2.45) is 5.16 Å². The molecule has 1 aromatic carbocycles. The summed E-state index contributed by atoms with van der Waals surface area (Å²) in [6.07, 6.45) is 1.33. The predicted octanol–water partition coefficient (Wildman–Crippen LogP) is 3.14. The zero-order chi connectivity index (χ0) is 17.3. The van der Waals surface area contributed by atoms with Crippen molar-refractivity contribution in [2.75, 3.05) is 5.32 Å². The average Bonchev–Trinajstić information content (AvgIpc) is 3.17. The van der Waals surface area contributed by atoms with Crippen molar-refractivity contribution < 1.29 is 14.0 Å². The van der Waals surface area contributed by atoms with Crippen LogP contribution in [0.1, 0.15) is 24.6 Å². The Balaban J connectivity index is 1.66. The maximum Gasteiger partial charge on any atom is 0.268 e. The molecule has 3 rings (SSSR count). The van der Waals surface area contributed by atoms with Crippen LogP contribution in [0.5, 0.6) is 0 Å². The normalized spacial score (nSPS) is 16.7. The smallest absolute Gasteiger partial charge is 0.268 e. The van der Waals surface area contributed by atoms with Gasteiger partial charge in [-0.1, -0.05) is 16.8 Å². The molecular formula is C16H16ClFN4O2. The van der Waals surface area contributed by atoms with Gasteiger partial charge in [0, 0.05) is 29.9 Å². The SMILES string of the molecule is CCn1ncc(C2=NO[C@H](C(=O)Nc3ccc(F)c(Cl)c3)C2)c1C. The molecule has 1 amide bonds. The number of carbonyl (C=O) groups is 1. The van der Waals surface area contributed by atoms with Gasteiger partial charge in [0.1, 0.15) is 5.82 Å². The van der Waals surface area contributed by atoms with Crippen LogP contribution in [-0.4, -0.2) is 27.5 Å². The molecule has 1 atom stereocenters. The van der Waals surface area contributed by atoms with Gasteiger partial charge in [-0.2, -0.15) is 5.10 Å². The van der Waals surface area contributed by atoms with Gasteiger partial charge in [0.25, 0.3) is 5.91 Å². The summed E-state index contributed by atoms with van der Waals surface area (Å²) in [5, 5.41) is 10.9. The molecule has 0 aliphatic carbocycles. The number of aryl methyl sites for hydroxylation is 1. The van der Waals surface area contributed by atoms with E-state index in [0.29, 0.717) is 17.8 Å². The lowest BCUT2D eigenvalue weighted by Crippen LogP contribution is -2.28. The van der Waals surface area contributed by atoms with E-state index in [0.717, 1.165) is 17.8 Å². The van der Waals surface area contributed by atoms with E-state index in [1.165, 1.54) is 18.2 Å². The van der Waals surface area contributed by atoms with Crippen molar-refractivity contribution in [3.8, 4) is 0 Å². The van der Waals surface area contributed by atoms with E-state index < -0.39 is 11.9 Å². The Labute approximate surface area is 143 Å². The number of aromatic nitrogens is 2. The predicted molar refractivity (Wildman–Crippen MR) is 88.7 cm³/mol. The van der Waals surface area contributed by atoms with Crippen LogP contribution in [-0.2, 0) is 16.2 Å². The molecule has 2 aromatic rings. The summed E-state index contributed by atoms with van der Waals surface area (Å²) in [5.74, 6) is -0.905. The summed E-state index contributed by atoms with van der Waals surface area (Å²) in [7, 11) is 0. The van der Waals surface area contributed by atoms with E-state index in [2.05, 4.69) is 15.6 Å². The Bertz CT molecular complexity index is 818. The third-order valence-corrected chi connectivity index (χ3v) is 4.15. The van der Waals surface area contributed by atoms with Crippen LogP contribution in [0.15, 0.2) is 29.6 Å². The second-order valence-electron chi connectivity index (χ2n) is 5.41. The van der Waals surface area contributed by atoms with Gasteiger partial charge in [-0.05, 0) is 32.0 Å².